The Morgan fingerprint density at radius 1 is 0.271 bits per heavy atom. The average molecular weight is 1830 g/mol. The molecule has 0 unspecified atom stereocenters. The van der Waals surface area contributed by atoms with Crippen molar-refractivity contribution in [2.24, 2.45) is 7.05 Å². The predicted molar refractivity (Wildman–Crippen MR) is 556 cm³/mol. The Hall–Kier alpha value is -17.8. The zero-order valence-electron chi connectivity index (χ0n) is 77.9. The van der Waals surface area contributed by atoms with Gasteiger partial charge in [-0.05, 0) is 256 Å². The van der Waals surface area contributed by atoms with E-state index in [1.54, 1.807) is 146 Å². The average Bonchev–Trinajstić information content (AvgIpc) is 1.69. The topological polar surface area (TPSA) is 190 Å². The fraction of sp³-hybridized carbons (Fsp3) is 0.0968. The number of ketones is 8. The number of rotatable bonds is 13. The van der Waals surface area contributed by atoms with Crippen LogP contribution in [0.2, 0.25) is 0 Å². The summed E-state index contributed by atoms with van der Waals surface area (Å²) in [4.78, 5) is 108. The van der Waals surface area contributed by atoms with Gasteiger partial charge in [-0.25, -0.2) is 0 Å². The zero-order chi connectivity index (χ0) is 96.3. The molecule has 16 nitrogen and oxygen atoms in total. The summed E-state index contributed by atoms with van der Waals surface area (Å²) in [7, 11) is 2.08. The SMILES string of the molecule is CC1=CC(=C2C(=O)c3ccccc3C2=O)C=C(/C=C/c2ccc(N(c3ccccc3)c3ccccc3)cc2)O1.CC1=CC(=C2C(=O)c3ccccc3C2=O)C=C(/C=C/c2ccc(N3CCCCC3)cc2)O1.CC1=CC(=C2C(=O)c3ccccc3C2=O)C=C(/C=C/c2ccc3c(c2)c2ccccc2n3C)O1.CCn1c2ccccc2c2cc(/C=C/C3=CC(=C4C(=O)c5ccccc5C4=O)C=C(C)O3)ccc21. The van der Waals surface area contributed by atoms with Gasteiger partial charge in [0.2, 0.25) is 0 Å². The lowest BCUT2D eigenvalue weighted by molar-refractivity contribution is 0.0972. The molecule has 2 aromatic heterocycles. The standard InChI is InChI=1S/C35H25NO3.C31H23NO3.C30H21NO3.C28H25NO3/c1-24-22-26(33-34(37)31-14-8-9-15-32(31)35(33)38)23-30(39-24)21-18-25-16-19-29(20-17-25)36(27-10-4-2-5-11-27)28-12-6-3-7-13-28;1-3-32-27-11-7-6-8-23(27)26-17-20(13-15-28(26)32)12-14-22-18-21(16-19(2)35-22)29-30(33)24-9-4-5-10-25(24)31(29)34;1-18-15-20(28-29(32)23-8-3-4-9-24(23)30(28)33)17-21(34-18)13-11-19-12-14-27-25(16-19)22-7-5-6-10-26(22)31(27)2;1-19-17-21(26-27(30)24-7-3-4-8-25(24)28(26)31)18-23(32-19)14-11-20-9-12-22(13-10-20)29-15-5-2-6-16-29/h2-23H,1H3;4-18H,3H2,1-2H3;3-17H,1-2H3;3-4,7-14,17-18H,2,5-6,15-16H2,1H3/b21-18+;14-12+;13-11+;14-11+. The first-order chi connectivity index (χ1) is 68.2. The summed E-state index contributed by atoms with van der Waals surface area (Å²) >= 11 is 0. The molecule has 0 atom stereocenters. The highest BCUT2D eigenvalue weighted by Gasteiger charge is 2.40. The van der Waals surface area contributed by atoms with Crippen LogP contribution in [-0.4, -0.2) is 68.5 Å². The van der Waals surface area contributed by atoms with Crippen LogP contribution in [0.15, 0.2) is 455 Å². The number of para-hydroxylation sites is 4. The van der Waals surface area contributed by atoms with E-state index in [0.29, 0.717) is 113 Å². The second kappa shape index (κ2) is 38.9. The molecule has 682 valence electrons. The number of allylic oxidation sites excluding steroid dienone is 24. The van der Waals surface area contributed by atoms with Crippen LogP contribution in [0.5, 0.6) is 0 Å². The van der Waals surface area contributed by atoms with Crippen molar-refractivity contribution in [3.05, 3.63) is 522 Å². The second-order valence-corrected chi connectivity index (χ2v) is 35.2. The van der Waals surface area contributed by atoms with Crippen molar-refractivity contribution >= 4 is 137 Å². The number of Topliss-reactive ketones (excluding diaryl/α,β-unsaturated/α-hetero) is 8. The van der Waals surface area contributed by atoms with Crippen LogP contribution in [-0.2, 0) is 32.5 Å². The second-order valence-electron chi connectivity index (χ2n) is 35.2. The first-order valence-electron chi connectivity index (χ1n) is 46.8. The summed E-state index contributed by atoms with van der Waals surface area (Å²) in [5.41, 5.74) is 20.2. The molecule has 23 rings (SSSR count). The molecule has 12 aromatic carbocycles. The molecule has 0 bridgehead atoms. The largest absolute Gasteiger partial charge is 0.462 e. The van der Waals surface area contributed by atoms with E-state index in [1.165, 1.54) is 68.6 Å². The van der Waals surface area contributed by atoms with Crippen molar-refractivity contribution in [2.45, 2.75) is 60.4 Å². The van der Waals surface area contributed by atoms with Crippen LogP contribution < -0.4 is 9.80 Å². The molecule has 4 aliphatic carbocycles. The third kappa shape index (κ3) is 18.0. The first-order valence-corrected chi connectivity index (χ1v) is 46.8. The molecule has 5 aliphatic heterocycles. The van der Waals surface area contributed by atoms with Gasteiger partial charge in [0.25, 0.3) is 0 Å². The summed E-state index contributed by atoms with van der Waals surface area (Å²) in [6.45, 7) is 12.6. The van der Waals surface area contributed by atoms with Gasteiger partial charge in [0.05, 0.1) is 22.3 Å². The molecule has 1 saturated heterocycles. The van der Waals surface area contributed by atoms with E-state index in [4.69, 9.17) is 18.9 Å². The van der Waals surface area contributed by atoms with Crippen molar-refractivity contribution in [3.63, 3.8) is 0 Å². The molecule has 14 aromatic rings. The van der Waals surface area contributed by atoms with E-state index in [2.05, 4.69) is 191 Å². The van der Waals surface area contributed by atoms with Gasteiger partial charge in [-0.2, -0.15) is 0 Å². The van der Waals surface area contributed by atoms with E-state index < -0.39 is 0 Å². The number of aryl methyl sites for hydroxylation is 2. The molecule has 140 heavy (non-hydrogen) atoms. The zero-order valence-corrected chi connectivity index (χ0v) is 77.9. The van der Waals surface area contributed by atoms with Crippen molar-refractivity contribution in [2.75, 3.05) is 22.9 Å². The monoisotopic (exact) mass is 1830 g/mol. The van der Waals surface area contributed by atoms with Crippen molar-refractivity contribution in [1.29, 1.82) is 0 Å². The maximum absolute atomic E-state index is 13.0. The highest BCUT2D eigenvalue weighted by molar-refractivity contribution is 6.42. The number of hydrogen-bond acceptors (Lipinski definition) is 14. The summed E-state index contributed by atoms with van der Waals surface area (Å²) < 4.78 is 28.0. The number of aromatic nitrogens is 2. The van der Waals surface area contributed by atoms with Crippen LogP contribution in [0.4, 0.5) is 22.7 Å². The van der Waals surface area contributed by atoms with Gasteiger partial charge in [-0.3, -0.25) is 38.4 Å². The lowest BCUT2D eigenvalue weighted by Gasteiger charge is -2.28. The maximum Gasteiger partial charge on any atom is 0.198 e. The molecular weight excluding hydrogens is 1740 g/mol. The number of piperidine rings is 1. The number of fused-ring (bicyclic) bond motifs is 10. The third-order valence-electron chi connectivity index (χ3n) is 26.0. The number of carbonyl (C=O) groups is 8. The molecule has 0 amide bonds. The van der Waals surface area contributed by atoms with Crippen LogP contribution in [0.25, 0.3) is 67.9 Å². The molecule has 7 heterocycles. The minimum Gasteiger partial charge on any atom is -0.462 e. The van der Waals surface area contributed by atoms with Crippen LogP contribution in [0, 0.1) is 0 Å². The molecule has 0 N–H and O–H groups in total. The number of hydrogen-bond donors (Lipinski definition) is 0. The van der Waals surface area contributed by atoms with Gasteiger partial charge < -0.3 is 37.9 Å². The van der Waals surface area contributed by atoms with Crippen LogP contribution >= 0.6 is 0 Å². The number of nitrogens with zero attached hydrogens (tertiary/aromatic N) is 4. The number of anilines is 4. The van der Waals surface area contributed by atoms with E-state index >= 15 is 0 Å². The van der Waals surface area contributed by atoms with Crippen LogP contribution in [0.1, 0.15) is 159 Å². The van der Waals surface area contributed by atoms with E-state index in [0.717, 1.165) is 59.0 Å². The number of benzene rings is 12. The van der Waals surface area contributed by atoms with Gasteiger partial charge in [-0.15, -0.1) is 0 Å². The lowest BCUT2D eigenvalue weighted by Crippen LogP contribution is -2.29. The Labute approximate surface area is 810 Å². The summed E-state index contributed by atoms with van der Waals surface area (Å²) in [6, 6.07) is 94.8. The minimum atomic E-state index is -0.242. The smallest absolute Gasteiger partial charge is 0.198 e. The summed E-state index contributed by atoms with van der Waals surface area (Å²) in [6.07, 6.45) is 33.3. The fourth-order valence-corrected chi connectivity index (χ4v) is 19.4. The lowest BCUT2D eigenvalue weighted by atomic mass is 10.0. The van der Waals surface area contributed by atoms with Gasteiger partial charge in [-0.1, -0.05) is 231 Å². The van der Waals surface area contributed by atoms with Crippen molar-refractivity contribution in [1.82, 2.24) is 9.13 Å². The molecule has 0 saturated carbocycles. The Bertz CT molecular complexity index is 7980. The van der Waals surface area contributed by atoms with Gasteiger partial charge in [0.1, 0.15) is 46.1 Å². The van der Waals surface area contributed by atoms with E-state index in [9.17, 15) is 38.4 Å². The van der Waals surface area contributed by atoms with Crippen LogP contribution in [0.3, 0.4) is 0 Å². The molecule has 9 aliphatic rings. The Kier molecular flexibility index (Phi) is 25.0. The third-order valence-corrected chi connectivity index (χ3v) is 26.0. The molecule has 16 heteroatoms. The first kappa shape index (κ1) is 90.1. The summed E-state index contributed by atoms with van der Waals surface area (Å²) in [5, 5.41) is 4.85. The van der Waals surface area contributed by atoms with Crippen molar-refractivity contribution in [3.8, 4) is 0 Å². The van der Waals surface area contributed by atoms with E-state index in [-0.39, 0.29) is 68.6 Å². The number of carbonyl (C=O) groups excluding carboxylic acids is 8. The normalized spacial score (nSPS) is 16.1. The highest BCUT2D eigenvalue weighted by atomic mass is 16.5. The van der Waals surface area contributed by atoms with Crippen molar-refractivity contribution < 1.29 is 57.3 Å². The molecule has 1 fully saturated rings. The predicted octanol–water partition coefficient (Wildman–Crippen LogP) is 27.8. The Morgan fingerprint density at radius 3 is 0.900 bits per heavy atom. The molecule has 0 spiro atoms. The molecule has 0 radical (unpaired) electrons. The maximum atomic E-state index is 13.0. The Morgan fingerprint density at radius 2 is 0.543 bits per heavy atom. The Balaban J connectivity index is 0.000000115. The number of ether oxygens (including phenoxy) is 4. The van der Waals surface area contributed by atoms with Gasteiger partial charge in [0, 0.05) is 138 Å². The van der Waals surface area contributed by atoms with E-state index in [1.807, 2.05) is 113 Å². The molecular formula is C124H94N4O12. The van der Waals surface area contributed by atoms with Gasteiger partial charge in [0.15, 0.2) is 46.3 Å². The minimum absolute atomic E-state index is 0.191. The van der Waals surface area contributed by atoms with Gasteiger partial charge >= 0.3 is 0 Å². The fourth-order valence-electron chi connectivity index (χ4n) is 19.4. The summed E-state index contributed by atoms with van der Waals surface area (Å²) in [5.74, 6) is 2.99. The highest BCUT2D eigenvalue weighted by Crippen LogP contribution is 2.42. The quantitative estimate of drug-likeness (QED) is 0.0782.